The van der Waals surface area contributed by atoms with Crippen molar-refractivity contribution in [3.05, 3.63) is 33.8 Å². The number of halogens is 2. The molecule has 23 heavy (non-hydrogen) atoms. The van der Waals surface area contributed by atoms with Crippen molar-refractivity contribution in [3.8, 4) is 0 Å². The summed E-state index contributed by atoms with van der Waals surface area (Å²) in [4.78, 5) is 23.7. The van der Waals surface area contributed by atoms with Gasteiger partial charge in [0.2, 0.25) is 11.8 Å². The van der Waals surface area contributed by atoms with Crippen LogP contribution >= 0.6 is 23.2 Å². The minimum atomic E-state index is -0.229. The van der Waals surface area contributed by atoms with Crippen LogP contribution in [0.25, 0.3) is 0 Å². The summed E-state index contributed by atoms with van der Waals surface area (Å²) in [6, 6.07) is 5.13. The van der Waals surface area contributed by atoms with Crippen LogP contribution in [0, 0.1) is 5.92 Å². The van der Waals surface area contributed by atoms with Gasteiger partial charge in [-0.05, 0) is 36.5 Å². The van der Waals surface area contributed by atoms with Gasteiger partial charge >= 0.3 is 0 Å². The van der Waals surface area contributed by atoms with E-state index in [0.717, 1.165) is 18.4 Å². The second-order valence-electron chi connectivity index (χ2n) is 6.00. The molecule has 0 aliphatic heterocycles. The first kappa shape index (κ1) is 18.1. The molecule has 0 atom stereocenters. The highest BCUT2D eigenvalue weighted by Crippen LogP contribution is 2.26. The lowest BCUT2D eigenvalue weighted by molar-refractivity contribution is -0.126. The highest BCUT2D eigenvalue weighted by atomic mass is 35.5. The van der Waals surface area contributed by atoms with E-state index in [9.17, 15) is 9.59 Å². The maximum Gasteiger partial charge on any atom is 0.239 e. The smallest absolute Gasteiger partial charge is 0.239 e. The van der Waals surface area contributed by atoms with Crippen LogP contribution in [0.5, 0.6) is 0 Å². The van der Waals surface area contributed by atoms with Crippen LogP contribution in [-0.2, 0) is 16.1 Å². The molecule has 126 valence electrons. The van der Waals surface area contributed by atoms with Crippen molar-refractivity contribution in [1.29, 1.82) is 0 Å². The van der Waals surface area contributed by atoms with Gasteiger partial charge in [0.05, 0.1) is 6.54 Å². The van der Waals surface area contributed by atoms with Crippen LogP contribution in [0.3, 0.4) is 0 Å². The van der Waals surface area contributed by atoms with Crippen molar-refractivity contribution in [1.82, 2.24) is 10.6 Å². The largest absolute Gasteiger partial charge is 0.350 e. The van der Waals surface area contributed by atoms with Crippen LogP contribution in [0.15, 0.2) is 18.2 Å². The van der Waals surface area contributed by atoms with Crippen LogP contribution in [-0.4, -0.2) is 18.4 Å². The van der Waals surface area contributed by atoms with E-state index in [2.05, 4.69) is 10.6 Å². The highest BCUT2D eigenvalue weighted by molar-refractivity contribution is 6.35. The fraction of sp³-hybridized carbons (Fsp3) is 0.529. The molecule has 0 saturated heterocycles. The molecule has 1 aromatic rings. The Balaban J connectivity index is 1.67. The second-order valence-corrected chi connectivity index (χ2v) is 6.84. The molecular formula is C17H22Cl2N2O2. The maximum absolute atomic E-state index is 11.9. The predicted octanol–water partition coefficient (Wildman–Crippen LogP) is 3.70. The van der Waals surface area contributed by atoms with Gasteiger partial charge in [0.1, 0.15) is 0 Å². The third kappa shape index (κ3) is 6.40. The summed E-state index contributed by atoms with van der Waals surface area (Å²) in [7, 11) is 0. The van der Waals surface area contributed by atoms with Crippen LogP contribution < -0.4 is 10.6 Å². The van der Waals surface area contributed by atoms with E-state index in [0.29, 0.717) is 28.9 Å². The minimum absolute atomic E-state index is 0.00321. The summed E-state index contributed by atoms with van der Waals surface area (Å²) in [5.74, 6) is 0.198. The molecule has 0 spiro atoms. The third-order valence-corrected chi connectivity index (χ3v) is 4.72. The van der Waals surface area contributed by atoms with Crippen molar-refractivity contribution >= 4 is 35.0 Å². The normalized spacial score (nSPS) is 15.2. The molecule has 6 heteroatoms. The Kier molecular flexibility index (Phi) is 7.18. The van der Waals surface area contributed by atoms with Crippen molar-refractivity contribution in [2.24, 2.45) is 5.92 Å². The molecule has 1 saturated carbocycles. The van der Waals surface area contributed by atoms with Gasteiger partial charge in [-0.3, -0.25) is 9.59 Å². The molecule has 0 aromatic heterocycles. The number of hydrogen-bond acceptors (Lipinski definition) is 2. The molecule has 1 aliphatic carbocycles. The molecule has 1 aliphatic rings. The van der Waals surface area contributed by atoms with Gasteiger partial charge in [0, 0.05) is 23.0 Å². The highest BCUT2D eigenvalue weighted by Gasteiger charge is 2.17. The van der Waals surface area contributed by atoms with Gasteiger partial charge < -0.3 is 10.6 Å². The Morgan fingerprint density at radius 2 is 1.78 bits per heavy atom. The number of hydrogen-bond donors (Lipinski definition) is 2. The van der Waals surface area contributed by atoms with Crippen LogP contribution in [0.4, 0.5) is 0 Å². The van der Waals surface area contributed by atoms with Crippen LogP contribution in [0.2, 0.25) is 10.0 Å². The average Bonchev–Trinajstić information content (AvgIpc) is 2.53. The fourth-order valence-electron chi connectivity index (χ4n) is 2.83. The van der Waals surface area contributed by atoms with E-state index in [1.165, 1.54) is 19.3 Å². The SMILES string of the molecule is O=C(CNC(=O)CC1CCCCC1)NCc1ccc(Cl)cc1Cl. The lowest BCUT2D eigenvalue weighted by Gasteiger charge is -2.20. The summed E-state index contributed by atoms with van der Waals surface area (Å²) >= 11 is 11.9. The molecule has 0 bridgehead atoms. The summed E-state index contributed by atoms with van der Waals surface area (Å²) in [5.41, 5.74) is 0.790. The molecule has 2 N–H and O–H groups in total. The third-order valence-electron chi connectivity index (χ3n) is 4.14. The Bertz CT molecular complexity index is 558. The molecule has 2 rings (SSSR count). The average molecular weight is 357 g/mol. The van der Waals surface area contributed by atoms with Gasteiger partial charge in [-0.1, -0.05) is 48.5 Å². The van der Waals surface area contributed by atoms with Gasteiger partial charge in [0.15, 0.2) is 0 Å². The summed E-state index contributed by atoms with van der Waals surface area (Å²) in [6.45, 7) is 0.310. The molecule has 0 radical (unpaired) electrons. The van der Waals surface area contributed by atoms with Crippen molar-refractivity contribution in [3.63, 3.8) is 0 Å². The van der Waals surface area contributed by atoms with E-state index in [1.807, 2.05) is 0 Å². The van der Waals surface area contributed by atoms with E-state index in [4.69, 9.17) is 23.2 Å². The van der Waals surface area contributed by atoms with Gasteiger partial charge in [-0.25, -0.2) is 0 Å². The van der Waals surface area contributed by atoms with Crippen LogP contribution in [0.1, 0.15) is 44.1 Å². The fourth-order valence-corrected chi connectivity index (χ4v) is 3.30. The van der Waals surface area contributed by atoms with E-state index < -0.39 is 0 Å². The molecular weight excluding hydrogens is 335 g/mol. The monoisotopic (exact) mass is 356 g/mol. The maximum atomic E-state index is 11.9. The summed E-state index contributed by atoms with van der Waals surface area (Å²) in [5, 5.41) is 6.49. The number of carbonyl (C=O) groups excluding carboxylic acids is 2. The number of rotatable bonds is 6. The van der Waals surface area contributed by atoms with E-state index >= 15 is 0 Å². The first-order valence-corrected chi connectivity index (χ1v) is 8.77. The quantitative estimate of drug-likeness (QED) is 0.816. The Hall–Kier alpha value is -1.26. The van der Waals surface area contributed by atoms with Crippen molar-refractivity contribution < 1.29 is 9.59 Å². The topological polar surface area (TPSA) is 58.2 Å². The van der Waals surface area contributed by atoms with Gasteiger partial charge in [0.25, 0.3) is 0 Å². The lowest BCUT2D eigenvalue weighted by Crippen LogP contribution is -2.37. The zero-order valence-electron chi connectivity index (χ0n) is 13.0. The molecule has 2 amide bonds. The molecule has 1 aromatic carbocycles. The Labute approximate surface area is 146 Å². The van der Waals surface area contributed by atoms with Crippen molar-refractivity contribution in [2.45, 2.75) is 45.1 Å². The number of benzene rings is 1. The zero-order valence-corrected chi connectivity index (χ0v) is 14.6. The minimum Gasteiger partial charge on any atom is -0.350 e. The van der Waals surface area contributed by atoms with Gasteiger partial charge in [-0.15, -0.1) is 0 Å². The lowest BCUT2D eigenvalue weighted by atomic mass is 9.87. The predicted molar refractivity (Wildman–Crippen MR) is 92.5 cm³/mol. The summed E-state index contributed by atoms with van der Waals surface area (Å²) < 4.78 is 0. The first-order valence-electron chi connectivity index (χ1n) is 8.02. The number of nitrogens with one attached hydrogen (secondary N) is 2. The van der Waals surface area contributed by atoms with E-state index in [1.54, 1.807) is 18.2 Å². The first-order chi connectivity index (χ1) is 11.0. The number of amides is 2. The van der Waals surface area contributed by atoms with Crippen molar-refractivity contribution in [2.75, 3.05) is 6.54 Å². The second kappa shape index (κ2) is 9.14. The molecule has 4 nitrogen and oxygen atoms in total. The molecule has 1 fully saturated rings. The Morgan fingerprint density at radius 3 is 2.48 bits per heavy atom. The molecule has 0 heterocycles. The number of carbonyl (C=O) groups is 2. The summed E-state index contributed by atoms with van der Waals surface area (Å²) in [6.07, 6.45) is 6.45. The molecule has 0 unspecified atom stereocenters. The Morgan fingerprint density at radius 1 is 1.04 bits per heavy atom. The zero-order chi connectivity index (χ0) is 16.7. The van der Waals surface area contributed by atoms with E-state index in [-0.39, 0.29) is 18.4 Å². The van der Waals surface area contributed by atoms with Gasteiger partial charge in [-0.2, -0.15) is 0 Å². The standard InChI is InChI=1S/C17H22Cl2N2O2/c18-14-7-6-13(15(19)9-14)10-20-17(23)11-21-16(22)8-12-4-2-1-3-5-12/h6-7,9,12H,1-5,8,10-11H2,(H,20,23)(H,21,22).